The number of benzene rings is 1. The summed E-state index contributed by atoms with van der Waals surface area (Å²) >= 11 is 5.60. The summed E-state index contributed by atoms with van der Waals surface area (Å²) in [5.41, 5.74) is -0.778. The normalized spacial score (nSPS) is 11.2. The zero-order valence-electron chi connectivity index (χ0n) is 8.93. The second-order valence-electron chi connectivity index (χ2n) is 3.40. The number of carbonyl (C=O) groups excluding carboxylic acids is 1. The molecule has 8 heteroatoms. The summed E-state index contributed by atoms with van der Waals surface area (Å²) in [4.78, 5) is 21.7. The van der Waals surface area contributed by atoms with Crippen LogP contribution in [0.3, 0.4) is 0 Å². The van der Waals surface area contributed by atoms with Gasteiger partial charge in [-0.2, -0.15) is 13.2 Å². The number of aryl methyl sites for hydroxylation is 1. The summed E-state index contributed by atoms with van der Waals surface area (Å²) in [5.74, 6) is -3.71. The first-order valence-corrected chi connectivity index (χ1v) is 4.92. The van der Waals surface area contributed by atoms with Crippen molar-refractivity contribution >= 4 is 29.2 Å². The Bertz CT molecular complexity index is 514. The number of anilines is 1. The van der Waals surface area contributed by atoms with Gasteiger partial charge in [0.15, 0.2) is 0 Å². The van der Waals surface area contributed by atoms with Gasteiger partial charge in [-0.25, -0.2) is 4.79 Å². The molecule has 0 fully saturated rings. The zero-order valence-corrected chi connectivity index (χ0v) is 9.69. The van der Waals surface area contributed by atoms with Crippen LogP contribution in [0.2, 0.25) is 5.02 Å². The van der Waals surface area contributed by atoms with E-state index in [0.717, 1.165) is 6.07 Å². The number of nitrogens with one attached hydrogen (secondary N) is 1. The Hall–Kier alpha value is -1.76. The van der Waals surface area contributed by atoms with E-state index in [2.05, 4.69) is 0 Å². The third kappa shape index (κ3) is 3.13. The molecule has 0 atom stereocenters. The second kappa shape index (κ2) is 4.85. The van der Waals surface area contributed by atoms with Crippen molar-refractivity contribution in [1.29, 1.82) is 0 Å². The number of hydrogen-bond donors (Lipinski definition) is 2. The number of rotatable bonds is 2. The van der Waals surface area contributed by atoms with E-state index in [1.165, 1.54) is 18.3 Å². The fourth-order valence-electron chi connectivity index (χ4n) is 1.32. The minimum absolute atomic E-state index is 0.0231. The van der Waals surface area contributed by atoms with Crippen LogP contribution >= 0.6 is 11.6 Å². The lowest BCUT2D eigenvalue weighted by Crippen LogP contribution is -2.30. The first-order valence-electron chi connectivity index (χ1n) is 4.54. The molecule has 18 heavy (non-hydrogen) atoms. The van der Waals surface area contributed by atoms with E-state index in [9.17, 15) is 22.8 Å². The third-order valence-electron chi connectivity index (χ3n) is 2.02. The van der Waals surface area contributed by atoms with Crippen LogP contribution in [0.25, 0.3) is 0 Å². The summed E-state index contributed by atoms with van der Waals surface area (Å²) in [7, 11) is 0. The maximum Gasteiger partial charge on any atom is 0.471 e. The number of aromatic carboxylic acids is 1. The van der Waals surface area contributed by atoms with Crippen LogP contribution in [-0.4, -0.2) is 23.2 Å². The van der Waals surface area contributed by atoms with Crippen molar-refractivity contribution in [3.63, 3.8) is 0 Å². The predicted molar refractivity (Wildman–Crippen MR) is 57.8 cm³/mol. The molecule has 0 spiro atoms. The minimum Gasteiger partial charge on any atom is -0.478 e. The lowest BCUT2D eigenvalue weighted by atomic mass is 10.1. The molecule has 98 valence electrons. The summed E-state index contributed by atoms with van der Waals surface area (Å²) < 4.78 is 36.2. The Morgan fingerprint density at radius 3 is 2.33 bits per heavy atom. The average molecular weight is 282 g/mol. The number of alkyl halides is 3. The molecule has 0 saturated carbocycles. The molecule has 0 bridgehead atoms. The van der Waals surface area contributed by atoms with Crippen LogP contribution in [0.1, 0.15) is 15.9 Å². The lowest BCUT2D eigenvalue weighted by Gasteiger charge is -2.12. The molecule has 0 heterocycles. The number of halogens is 4. The summed E-state index contributed by atoms with van der Waals surface area (Å²) in [6, 6.07) is 2.22. The van der Waals surface area contributed by atoms with Gasteiger partial charge in [-0.3, -0.25) is 4.79 Å². The SMILES string of the molecule is Cc1cc(Cl)cc(NC(=O)C(F)(F)F)c1C(=O)O. The van der Waals surface area contributed by atoms with Crippen molar-refractivity contribution < 1.29 is 27.9 Å². The van der Waals surface area contributed by atoms with E-state index < -0.39 is 29.3 Å². The van der Waals surface area contributed by atoms with Crippen LogP contribution in [0.4, 0.5) is 18.9 Å². The number of amides is 1. The Balaban J connectivity index is 3.24. The van der Waals surface area contributed by atoms with Crippen molar-refractivity contribution in [1.82, 2.24) is 0 Å². The largest absolute Gasteiger partial charge is 0.478 e. The Morgan fingerprint density at radius 1 is 1.33 bits per heavy atom. The van der Waals surface area contributed by atoms with Crippen molar-refractivity contribution in [3.8, 4) is 0 Å². The third-order valence-corrected chi connectivity index (χ3v) is 2.24. The quantitative estimate of drug-likeness (QED) is 0.876. The first kappa shape index (κ1) is 14.3. The van der Waals surface area contributed by atoms with Gasteiger partial charge in [0.05, 0.1) is 11.3 Å². The van der Waals surface area contributed by atoms with Gasteiger partial charge in [0.2, 0.25) is 0 Å². The highest BCUT2D eigenvalue weighted by molar-refractivity contribution is 6.31. The van der Waals surface area contributed by atoms with E-state index in [1.54, 1.807) is 0 Å². The highest BCUT2D eigenvalue weighted by Crippen LogP contribution is 2.27. The number of carboxylic acids is 1. The summed E-state index contributed by atoms with van der Waals surface area (Å²) in [6.45, 7) is 1.36. The standard InChI is InChI=1S/C10H7ClF3NO3/c1-4-2-5(11)3-6(7(4)8(16)17)15-9(18)10(12,13)14/h2-3H,1H3,(H,15,18)(H,16,17). The van der Waals surface area contributed by atoms with Gasteiger partial charge >= 0.3 is 18.1 Å². The van der Waals surface area contributed by atoms with Crippen LogP contribution in [0.5, 0.6) is 0 Å². The van der Waals surface area contributed by atoms with Crippen LogP contribution in [0, 0.1) is 6.92 Å². The van der Waals surface area contributed by atoms with Gasteiger partial charge in [0, 0.05) is 5.02 Å². The molecule has 0 saturated heterocycles. The Kier molecular flexibility index (Phi) is 3.85. The Morgan fingerprint density at radius 2 is 1.89 bits per heavy atom. The van der Waals surface area contributed by atoms with Gasteiger partial charge in [0.1, 0.15) is 0 Å². The van der Waals surface area contributed by atoms with Gasteiger partial charge in [0.25, 0.3) is 0 Å². The second-order valence-corrected chi connectivity index (χ2v) is 3.84. The first-order chi connectivity index (χ1) is 8.12. The fourth-order valence-corrected chi connectivity index (χ4v) is 1.59. The smallest absolute Gasteiger partial charge is 0.471 e. The zero-order chi connectivity index (χ0) is 14.1. The average Bonchev–Trinajstić information content (AvgIpc) is 2.13. The molecule has 0 radical (unpaired) electrons. The molecule has 1 amide bonds. The molecule has 1 rings (SSSR count). The molecule has 2 N–H and O–H groups in total. The van der Waals surface area contributed by atoms with Gasteiger partial charge in [-0.15, -0.1) is 0 Å². The molecule has 4 nitrogen and oxygen atoms in total. The van der Waals surface area contributed by atoms with Crippen molar-refractivity contribution in [2.75, 3.05) is 5.32 Å². The molecule has 1 aromatic rings. The van der Waals surface area contributed by atoms with Gasteiger partial charge in [-0.1, -0.05) is 11.6 Å². The predicted octanol–water partition coefficient (Wildman–Crippen LogP) is 2.85. The minimum atomic E-state index is -5.11. The number of carbonyl (C=O) groups is 2. The lowest BCUT2D eigenvalue weighted by molar-refractivity contribution is -0.167. The van der Waals surface area contributed by atoms with Crippen LogP contribution in [-0.2, 0) is 4.79 Å². The molecule has 0 aliphatic carbocycles. The van der Waals surface area contributed by atoms with Crippen molar-refractivity contribution in [2.45, 2.75) is 13.1 Å². The van der Waals surface area contributed by atoms with E-state index >= 15 is 0 Å². The molecule has 0 aliphatic heterocycles. The fraction of sp³-hybridized carbons (Fsp3) is 0.200. The van der Waals surface area contributed by atoms with E-state index in [1.807, 2.05) is 0 Å². The molecule has 1 aromatic carbocycles. The highest BCUT2D eigenvalue weighted by Gasteiger charge is 2.39. The van der Waals surface area contributed by atoms with Crippen LogP contribution in [0.15, 0.2) is 12.1 Å². The Labute approximate surface area is 104 Å². The number of hydrogen-bond acceptors (Lipinski definition) is 2. The van der Waals surface area contributed by atoms with E-state index in [-0.39, 0.29) is 10.6 Å². The summed E-state index contributed by atoms with van der Waals surface area (Å²) in [5, 5.41) is 10.4. The molecule has 0 unspecified atom stereocenters. The summed E-state index contributed by atoms with van der Waals surface area (Å²) in [6.07, 6.45) is -5.11. The van der Waals surface area contributed by atoms with E-state index in [4.69, 9.17) is 16.7 Å². The van der Waals surface area contributed by atoms with Gasteiger partial charge < -0.3 is 10.4 Å². The van der Waals surface area contributed by atoms with Gasteiger partial charge in [-0.05, 0) is 24.6 Å². The topological polar surface area (TPSA) is 66.4 Å². The molecule has 0 aromatic heterocycles. The van der Waals surface area contributed by atoms with Crippen molar-refractivity contribution in [3.05, 3.63) is 28.3 Å². The maximum atomic E-state index is 12.1. The maximum absolute atomic E-state index is 12.1. The molecular weight excluding hydrogens is 275 g/mol. The molecular formula is C10H7ClF3NO3. The van der Waals surface area contributed by atoms with Crippen LogP contribution < -0.4 is 5.32 Å². The van der Waals surface area contributed by atoms with Crippen molar-refractivity contribution in [2.24, 2.45) is 0 Å². The molecule has 0 aliphatic rings. The highest BCUT2D eigenvalue weighted by atomic mass is 35.5. The monoisotopic (exact) mass is 281 g/mol. The number of carboxylic acid groups (broad SMARTS) is 1. The van der Waals surface area contributed by atoms with E-state index in [0.29, 0.717) is 0 Å².